The molecule has 0 amide bonds. The Morgan fingerprint density at radius 2 is 1.56 bits per heavy atom. The number of para-hydroxylation sites is 1. The van der Waals surface area contributed by atoms with Crippen molar-refractivity contribution >= 4 is 10.9 Å². The van der Waals surface area contributed by atoms with Crippen LogP contribution < -0.4 is 19.9 Å². The SMILES string of the molecule is COc1cc(OC)c(C(N)c2nc(C)nc3ccccc23)c(OC)c1. The first-order chi connectivity index (χ1) is 12.1. The zero-order chi connectivity index (χ0) is 18.0. The van der Waals surface area contributed by atoms with Crippen LogP contribution in [0.2, 0.25) is 0 Å². The van der Waals surface area contributed by atoms with Gasteiger partial charge in [0, 0.05) is 17.5 Å². The first-order valence-electron chi connectivity index (χ1n) is 7.87. The van der Waals surface area contributed by atoms with Gasteiger partial charge in [0.2, 0.25) is 0 Å². The lowest BCUT2D eigenvalue weighted by Gasteiger charge is -2.21. The van der Waals surface area contributed by atoms with E-state index in [9.17, 15) is 0 Å². The van der Waals surface area contributed by atoms with Gasteiger partial charge in [0.05, 0.1) is 44.1 Å². The Bertz CT molecular complexity index is 887. The standard InChI is InChI=1S/C19H21N3O3/c1-11-21-14-8-6-5-7-13(14)19(22-11)18(20)17-15(24-3)9-12(23-2)10-16(17)25-4/h5-10,18H,20H2,1-4H3. The van der Waals surface area contributed by atoms with Crippen LogP contribution in [0, 0.1) is 6.92 Å². The molecule has 3 rings (SSSR count). The van der Waals surface area contributed by atoms with Crippen LogP contribution in [0.15, 0.2) is 36.4 Å². The predicted molar refractivity (Wildman–Crippen MR) is 96.4 cm³/mol. The molecule has 1 unspecified atom stereocenters. The summed E-state index contributed by atoms with van der Waals surface area (Å²) < 4.78 is 16.4. The fourth-order valence-corrected chi connectivity index (χ4v) is 2.93. The van der Waals surface area contributed by atoms with E-state index in [0.717, 1.165) is 16.6 Å². The van der Waals surface area contributed by atoms with E-state index >= 15 is 0 Å². The number of rotatable bonds is 5. The minimum Gasteiger partial charge on any atom is -0.496 e. The fourth-order valence-electron chi connectivity index (χ4n) is 2.93. The summed E-state index contributed by atoms with van der Waals surface area (Å²) >= 11 is 0. The fraction of sp³-hybridized carbons (Fsp3) is 0.263. The highest BCUT2D eigenvalue weighted by Crippen LogP contribution is 2.40. The van der Waals surface area contributed by atoms with Gasteiger partial charge < -0.3 is 19.9 Å². The van der Waals surface area contributed by atoms with Crippen molar-refractivity contribution in [2.24, 2.45) is 5.73 Å². The number of fused-ring (bicyclic) bond motifs is 1. The molecule has 0 radical (unpaired) electrons. The van der Waals surface area contributed by atoms with Gasteiger partial charge in [-0.25, -0.2) is 9.97 Å². The number of benzene rings is 2. The molecule has 1 heterocycles. The number of aryl methyl sites for hydroxylation is 1. The predicted octanol–water partition coefficient (Wildman–Crippen LogP) is 3.01. The van der Waals surface area contributed by atoms with E-state index in [-0.39, 0.29) is 0 Å². The molecule has 130 valence electrons. The van der Waals surface area contributed by atoms with Crippen LogP contribution in [-0.4, -0.2) is 31.3 Å². The van der Waals surface area contributed by atoms with Crippen molar-refractivity contribution < 1.29 is 14.2 Å². The maximum Gasteiger partial charge on any atom is 0.131 e. The third-order valence-corrected chi connectivity index (χ3v) is 4.10. The molecule has 25 heavy (non-hydrogen) atoms. The van der Waals surface area contributed by atoms with Crippen LogP contribution in [0.4, 0.5) is 0 Å². The Balaban J connectivity index is 2.24. The van der Waals surface area contributed by atoms with Crippen LogP contribution in [0.1, 0.15) is 23.1 Å². The average molecular weight is 339 g/mol. The molecule has 3 aromatic rings. The first kappa shape index (κ1) is 17.0. The lowest BCUT2D eigenvalue weighted by molar-refractivity contribution is 0.366. The molecule has 0 aliphatic rings. The molecule has 6 heteroatoms. The van der Waals surface area contributed by atoms with Crippen molar-refractivity contribution in [2.75, 3.05) is 21.3 Å². The van der Waals surface area contributed by atoms with Gasteiger partial charge in [-0.05, 0) is 13.0 Å². The summed E-state index contributed by atoms with van der Waals surface area (Å²) in [5.41, 5.74) is 8.90. The Morgan fingerprint density at radius 1 is 0.920 bits per heavy atom. The second-order valence-corrected chi connectivity index (χ2v) is 5.60. The molecular weight excluding hydrogens is 318 g/mol. The molecule has 0 aliphatic heterocycles. The zero-order valence-electron chi connectivity index (χ0n) is 14.7. The Morgan fingerprint density at radius 3 is 2.16 bits per heavy atom. The summed E-state index contributed by atoms with van der Waals surface area (Å²) in [6.45, 7) is 1.85. The molecule has 0 bridgehead atoms. The van der Waals surface area contributed by atoms with Gasteiger partial charge in [0.1, 0.15) is 23.1 Å². The number of aromatic nitrogens is 2. The average Bonchev–Trinajstić information content (AvgIpc) is 2.65. The van der Waals surface area contributed by atoms with Gasteiger partial charge >= 0.3 is 0 Å². The minimum atomic E-state index is -0.539. The number of nitrogens with two attached hydrogens (primary N) is 1. The quantitative estimate of drug-likeness (QED) is 0.770. The highest BCUT2D eigenvalue weighted by atomic mass is 16.5. The number of ether oxygens (including phenoxy) is 3. The van der Waals surface area contributed by atoms with Crippen molar-refractivity contribution in [3.05, 3.63) is 53.5 Å². The normalized spacial score (nSPS) is 12.0. The second-order valence-electron chi connectivity index (χ2n) is 5.60. The number of hydrogen-bond donors (Lipinski definition) is 1. The maximum absolute atomic E-state index is 6.60. The molecule has 0 saturated carbocycles. The third-order valence-electron chi connectivity index (χ3n) is 4.10. The molecule has 0 spiro atoms. The van der Waals surface area contributed by atoms with Gasteiger partial charge in [0.15, 0.2) is 0 Å². The molecule has 0 fully saturated rings. The lowest BCUT2D eigenvalue weighted by atomic mass is 9.98. The van der Waals surface area contributed by atoms with Gasteiger partial charge in [-0.1, -0.05) is 18.2 Å². The van der Waals surface area contributed by atoms with Crippen LogP contribution in [-0.2, 0) is 0 Å². The highest BCUT2D eigenvalue weighted by molar-refractivity contribution is 5.82. The Hall–Kier alpha value is -2.86. The smallest absolute Gasteiger partial charge is 0.131 e. The largest absolute Gasteiger partial charge is 0.496 e. The van der Waals surface area contributed by atoms with E-state index in [1.165, 1.54) is 0 Å². The van der Waals surface area contributed by atoms with E-state index in [4.69, 9.17) is 19.9 Å². The summed E-state index contributed by atoms with van der Waals surface area (Å²) in [5, 5.41) is 0.903. The van der Waals surface area contributed by atoms with Crippen LogP contribution in [0.3, 0.4) is 0 Å². The van der Waals surface area contributed by atoms with Gasteiger partial charge in [0.25, 0.3) is 0 Å². The summed E-state index contributed by atoms with van der Waals surface area (Å²) in [6.07, 6.45) is 0. The topological polar surface area (TPSA) is 79.5 Å². The third kappa shape index (κ3) is 3.08. The first-order valence-corrected chi connectivity index (χ1v) is 7.87. The van der Waals surface area contributed by atoms with E-state index < -0.39 is 6.04 Å². The molecule has 1 aromatic heterocycles. The van der Waals surface area contributed by atoms with Crippen molar-refractivity contribution in [3.63, 3.8) is 0 Å². The Labute approximate surface area is 146 Å². The maximum atomic E-state index is 6.60. The number of hydrogen-bond acceptors (Lipinski definition) is 6. The van der Waals surface area contributed by atoms with Gasteiger partial charge in [-0.15, -0.1) is 0 Å². The second kappa shape index (κ2) is 6.94. The molecule has 2 N–H and O–H groups in total. The van der Waals surface area contributed by atoms with Crippen LogP contribution in [0.5, 0.6) is 17.2 Å². The van der Waals surface area contributed by atoms with Crippen molar-refractivity contribution in [2.45, 2.75) is 13.0 Å². The molecular formula is C19H21N3O3. The molecule has 0 saturated heterocycles. The monoisotopic (exact) mass is 339 g/mol. The molecule has 6 nitrogen and oxygen atoms in total. The van der Waals surface area contributed by atoms with E-state index in [2.05, 4.69) is 9.97 Å². The van der Waals surface area contributed by atoms with E-state index in [1.54, 1.807) is 33.5 Å². The summed E-state index contributed by atoms with van der Waals surface area (Å²) in [7, 11) is 4.77. The van der Waals surface area contributed by atoms with Gasteiger partial charge in [-0.3, -0.25) is 0 Å². The van der Waals surface area contributed by atoms with Crippen LogP contribution >= 0.6 is 0 Å². The minimum absolute atomic E-state index is 0.539. The number of nitrogens with zero attached hydrogens (tertiary/aromatic N) is 2. The molecule has 1 atom stereocenters. The lowest BCUT2D eigenvalue weighted by Crippen LogP contribution is -2.17. The zero-order valence-corrected chi connectivity index (χ0v) is 14.7. The highest BCUT2D eigenvalue weighted by Gasteiger charge is 2.24. The summed E-state index contributed by atoms with van der Waals surface area (Å²) in [5.74, 6) is 2.47. The molecule has 0 aliphatic carbocycles. The van der Waals surface area contributed by atoms with E-state index in [0.29, 0.717) is 28.6 Å². The molecule has 2 aromatic carbocycles. The van der Waals surface area contributed by atoms with Gasteiger partial charge in [-0.2, -0.15) is 0 Å². The summed E-state index contributed by atoms with van der Waals surface area (Å²) in [4.78, 5) is 9.07. The van der Waals surface area contributed by atoms with Crippen LogP contribution in [0.25, 0.3) is 10.9 Å². The number of methoxy groups -OCH3 is 3. The van der Waals surface area contributed by atoms with E-state index in [1.807, 2.05) is 31.2 Å². The van der Waals surface area contributed by atoms with Crippen molar-refractivity contribution in [1.82, 2.24) is 9.97 Å². The Kier molecular flexibility index (Phi) is 4.72. The van der Waals surface area contributed by atoms with Crippen molar-refractivity contribution in [1.29, 1.82) is 0 Å². The van der Waals surface area contributed by atoms with Crippen molar-refractivity contribution in [3.8, 4) is 17.2 Å². The summed E-state index contributed by atoms with van der Waals surface area (Å²) in [6, 6.07) is 10.8.